The van der Waals surface area contributed by atoms with Crippen LogP contribution in [0.4, 0.5) is 0 Å². The maximum absolute atomic E-state index is 9.68. The molecule has 3 unspecified atom stereocenters. The van der Waals surface area contributed by atoms with Crippen LogP contribution in [0.2, 0.25) is 0 Å². The number of nitrogens with one attached hydrogen (secondary N) is 1. The minimum absolute atomic E-state index is 0.148. The molecule has 17 heavy (non-hydrogen) atoms. The van der Waals surface area contributed by atoms with Crippen LogP contribution in [0.15, 0.2) is 0 Å². The van der Waals surface area contributed by atoms with Crippen molar-refractivity contribution in [1.29, 1.82) is 0 Å². The van der Waals surface area contributed by atoms with E-state index in [1.807, 2.05) is 13.2 Å². The average molecular weight is 265 g/mol. The number of aliphatic hydroxyl groups is 2. The second-order valence-corrected chi connectivity index (χ2v) is 5.82. The van der Waals surface area contributed by atoms with Gasteiger partial charge in [0.1, 0.15) is 0 Å². The Labute approximate surface area is 109 Å². The van der Waals surface area contributed by atoms with Gasteiger partial charge in [-0.15, -0.1) is 0 Å². The molecule has 0 bridgehead atoms. The van der Waals surface area contributed by atoms with Gasteiger partial charge in [0.05, 0.1) is 19.3 Å². The molecule has 0 aromatic rings. The predicted octanol–water partition coefficient (Wildman–Crippen LogP) is 0.722. The third kappa shape index (κ3) is 8.85. The molecular weight excluding hydrogens is 238 g/mol. The molecule has 0 aromatic carbocycles. The van der Waals surface area contributed by atoms with E-state index in [0.29, 0.717) is 25.7 Å². The number of thioether (sulfide) groups is 1. The number of rotatable bonds is 10. The largest absolute Gasteiger partial charge is 0.395 e. The van der Waals surface area contributed by atoms with Gasteiger partial charge in [0.2, 0.25) is 0 Å². The zero-order chi connectivity index (χ0) is 13.3. The molecule has 0 aliphatic carbocycles. The molecule has 3 N–H and O–H groups in total. The second-order valence-electron chi connectivity index (χ2n) is 4.74. The fraction of sp³-hybridized carbons (Fsp3) is 1.00. The van der Waals surface area contributed by atoms with Gasteiger partial charge in [-0.2, -0.15) is 11.8 Å². The first-order chi connectivity index (χ1) is 8.01. The van der Waals surface area contributed by atoms with Crippen molar-refractivity contribution in [1.82, 2.24) is 5.32 Å². The Bertz CT molecular complexity index is 177. The molecule has 0 rings (SSSR count). The van der Waals surface area contributed by atoms with Gasteiger partial charge in [0, 0.05) is 24.4 Å². The Hall–Kier alpha value is 0.190. The van der Waals surface area contributed by atoms with Crippen molar-refractivity contribution in [2.45, 2.75) is 38.2 Å². The molecule has 0 spiro atoms. The Kier molecular flexibility index (Phi) is 10.3. The first-order valence-electron chi connectivity index (χ1n) is 6.14. The smallest absolute Gasteiger partial charge is 0.0897 e. The normalized spacial score (nSPS) is 17.1. The molecule has 0 aromatic heterocycles. The number of ether oxygens (including phenoxy) is 1. The van der Waals surface area contributed by atoms with E-state index >= 15 is 0 Å². The third-order valence-electron chi connectivity index (χ3n) is 2.48. The standard InChI is InChI=1S/C12H27NO3S/c1-9(2)7-16-8-11(15)5-13-10(3)12(6-14)17-4/h9-15H,5-8H2,1-4H3. The first-order valence-corrected chi connectivity index (χ1v) is 7.42. The van der Waals surface area contributed by atoms with Crippen molar-refractivity contribution in [3.63, 3.8) is 0 Å². The zero-order valence-corrected chi connectivity index (χ0v) is 12.2. The van der Waals surface area contributed by atoms with Crippen LogP contribution < -0.4 is 5.32 Å². The predicted molar refractivity (Wildman–Crippen MR) is 73.5 cm³/mol. The van der Waals surface area contributed by atoms with Crippen molar-refractivity contribution in [3.8, 4) is 0 Å². The summed E-state index contributed by atoms with van der Waals surface area (Å²) in [6.07, 6.45) is 1.48. The molecule has 104 valence electrons. The van der Waals surface area contributed by atoms with Crippen molar-refractivity contribution in [2.24, 2.45) is 5.92 Å². The van der Waals surface area contributed by atoms with Gasteiger partial charge in [-0.3, -0.25) is 0 Å². The van der Waals surface area contributed by atoms with Crippen LogP contribution in [0.25, 0.3) is 0 Å². The molecule has 0 fully saturated rings. The van der Waals surface area contributed by atoms with Gasteiger partial charge < -0.3 is 20.3 Å². The Morgan fingerprint density at radius 1 is 1.24 bits per heavy atom. The molecule has 5 heteroatoms. The summed E-state index contributed by atoms with van der Waals surface area (Å²) in [6.45, 7) is 7.86. The van der Waals surface area contributed by atoms with Gasteiger partial charge in [-0.25, -0.2) is 0 Å². The average Bonchev–Trinajstić information content (AvgIpc) is 2.27. The minimum Gasteiger partial charge on any atom is -0.395 e. The van der Waals surface area contributed by atoms with Crippen LogP contribution in [-0.4, -0.2) is 60.2 Å². The maximum atomic E-state index is 9.68. The molecule has 3 atom stereocenters. The van der Waals surface area contributed by atoms with E-state index in [-0.39, 0.29) is 17.9 Å². The summed E-state index contributed by atoms with van der Waals surface area (Å²) < 4.78 is 5.36. The zero-order valence-electron chi connectivity index (χ0n) is 11.3. The van der Waals surface area contributed by atoms with Crippen LogP contribution in [-0.2, 0) is 4.74 Å². The van der Waals surface area contributed by atoms with E-state index in [1.54, 1.807) is 11.8 Å². The highest BCUT2D eigenvalue weighted by atomic mass is 32.2. The number of aliphatic hydroxyl groups excluding tert-OH is 2. The Morgan fingerprint density at radius 3 is 2.35 bits per heavy atom. The van der Waals surface area contributed by atoms with E-state index < -0.39 is 6.10 Å². The van der Waals surface area contributed by atoms with Crippen molar-refractivity contribution in [2.75, 3.05) is 32.6 Å². The lowest BCUT2D eigenvalue weighted by molar-refractivity contribution is 0.0250. The number of hydrogen-bond donors (Lipinski definition) is 3. The lowest BCUT2D eigenvalue weighted by atomic mass is 10.2. The van der Waals surface area contributed by atoms with Gasteiger partial charge in [-0.1, -0.05) is 13.8 Å². The summed E-state index contributed by atoms with van der Waals surface area (Å²) in [5.41, 5.74) is 0. The number of hydrogen-bond acceptors (Lipinski definition) is 5. The van der Waals surface area contributed by atoms with E-state index in [9.17, 15) is 5.11 Å². The minimum atomic E-state index is -0.489. The van der Waals surface area contributed by atoms with Crippen LogP contribution in [0.3, 0.4) is 0 Å². The molecule has 0 saturated heterocycles. The summed E-state index contributed by atoms with van der Waals surface area (Å²) in [5.74, 6) is 0.490. The van der Waals surface area contributed by atoms with E-state index in [0.717, 1.165) is 0 Å². The van der Waals surface area contributed by atoms with Crippen molar-refractivity contribution in [3.05, 3.63) is 0 Å². The Morgan fingerprint density at radius 2 is 1.88 bits per heavy atom. The molecule has 0 radical (unpaired) electrons. The SMILES string of the molecule is CSC(CO)C(C)NCC(O)COCC(C)C. The summed E-state index contributed by atoms with van der Waals surface area (Å²) >= 11 is 1.63. The summed E-state index contributed by atoms with van der Waals surface area (Å²) in [5, 5.41) is 22.2. The monoisotopic (exact) mass is 265 g/mol. The molecular formula is C12H27NO3S. The van der Waals surface area contributed by atoms with Crippen LogP contribution >= 0.6 is 11.8 Å². The third-order valence-corrected chi connectivity index (χ3v) is 3.64. The molecule has 4 nitrogen and oxygen atoms in total. The van der Waals surface area contributed by atoms with Crippen LogP contribution in [0, 0.1) is 5.92 Å². The lowest BCUT2D eigenvalue weighted by Gasteiger charge is -2.23. The first kappa shape index (κ1) is 17.2. The highest BCUT2D eigenvalue weighted by Gasteiger charge is 2.15. The van der Waals surface area contributed by atoms with Gasteiger partial charge in [-0.05, 0) is 19.1 Å². The second kappa shape index (κ2) is 10.1. The Balaban J connectivity index is 3.64. The molecule has 0 heterocycles. The van der Waals surface area contributed by atoms with Crippen LogP contribution in [0.5, 0.6) is 0 Å². The summed E-state index contributed by atoms with van der Waals surface area (Å²) in [7, 11) is 0. The van der Waals surface area contributed by atoms with E-state index in [2.05, 4.69) is 19.2 Å². The van der Waals surface area contributed by atoms with Crippen molar-refractivity contribution < 1.29 is 14.9 Å². The topological polar surface area (TPSA) is 61.7 Å². The van der Waals surface area contributed by atoms with Crippen LogP contribution in [0.1, 0.15) is 20.8 Å². The lowest BCUT2D eigenvalue weighted by Crippen LogP contribution is -2.42. The van der Waals surface area contributed by atoms with Gasteiger partial charge >= 0.3 is 0 Å². The van der Waals surface area contributed by atoms with Crippen molar-refractivity contribution >= 4 is 11.8 Å². The molecule has 0 aliphatic heterocycles. The molecule has 0 saturated carbocycles. The summed E-state index contributed by atoms with van der Waals surface area (Å²) in [6, 6.07) is 0.176. The quantitative estimate of drug-likeness (QED) is 0.543. The highest BCUT2D eigenvalue weighted by Crippen LogP contribution is 2.09. The fourth-order valence-corrected chi connectivity index (χ4v) is 2.04. The van der Waals surface area contributed by atoms with E-state index in [4.69, 9.17) is 9.84 Å². The fourth-order valence-electron chi connectivity index (χ4n) is 1.39. The van der Waals surface area contributed by atoms with E-state index in [1.165, 1.54) is 0 Å². The highest BCUT2D eigenvalue weighted by molar-refractivity contribution is 7.99. The van der Waals surface area contributed by atoms with Gasteiger partial charge in [0.15, 0.2) is 0 Å². The summed E-state index contributed by atoms with van der Waals surface area (Å²) in [4.78, 5) is 0. The maximum Gasteiger partial charge on any atom is 0.0897 e. The molecule has 0 amide bonds. The molecule has 0 aliphatic rings. The van der Waals surface area contributed by atoms with Gasteiger partial charge in [0.25, 0.3) is 0 Å².